The molecule has 96 valence electrons. The number of benzene rings is 1. The molecule has 0 radical (unpaired) electrons. The first-order chi connectivity index (χ1) is 8.52. The zero-order chi connectivity index (χ0) is 13.3. The fourth-order valence-electron chi connectivity index (χ4n) is 2.30. The fourth-order valence-corrected chi connectivity index (χ4v) is 2.30. The molecule has 1 aromatic carbocycles. The van der Waals surface area contributed by atoms with Gasteiger partial charge in [0.2, 0.25) is 5.91 Å². The molecule has 2 N–H and O–H groups in total. The van der Waals surface area contributed by atoms with E-state index in [0.717, 1.165) is 16.8 Å². The number of fused-ring (bicyclic) bond motifs is 1. The summed E-state index contributed by atoms with van der Waals surface area (Å²) in [5.74, 6) is 0.128. The number of nitrogens with one attached hydrogen (secondary N) is 1. The van der Waals surface area contributed by atoms with E-state index >= 15 is 0 Å². The van der Waals surface area contributed by atoms with Crippen molar-refractivity contribution in [3.05, 3.63) is 23.3 Å². The first-order valence-electron chi connectivity index (χ1n) is 5.96. The van der Waals surface area contributed by atoms with Gasteiger partial charge in [0.1, 0.15) is 0 Å². The zero-order valence-corrected chi connectivity index (χ0v) is 10.5. The lowest BCUT2D eigenvalue weighted by Gasteiger charge is -2.29. The van der Waals surface area contributed by atoms with Crippen molar-refractivity contribution in [2.75, 3.05) is 16.8 Å². The third kappa shape index (κ3) is 2.16. The average molecular weight is 248 g/mol. The predicted molar refractivity (Wildman–Crippen MR) is 69.2 cm³/mol. The summed E-state index contributed by atoms with van der Waals surface area (Å²) >= 11 is 0. The van der Waals surface area contributed by atoms with E-state index in [0.29, 0.717) is 25.1 Å². The van der Waals surface area contributed by atoms with E-state index < -0.39 is 6.09 Å². The van der Waals surface area contributed by atoms with E-state index in [4.69, 9.17) is 5.11 Å². The number of carbonyl (C=O) groups excluding carboxylic acids is 1. The summed E-state index contributed by atoms with van der Waals surface area (Å²) in [5.41, 5.74) is 3.34. The number of amides is 2. The van der Waals surface area contributed by atoms with Gasteiger partial charge in [0.05, 0.1) is 0 Å². The van der Waals surface area contributed by atoms with Crippen LogP contribution in [0.15, 0.2) is 12.1 Å². The highest BCUT2D eigenvalue weighted by molar-refractivity contribution is 5.97. The molecule has 1 aliphatic heterocycles. The molecule has 18 heavy (non-hydrogen) atoms. The number of carbonyl (C=O) groups is 2. The number of hydrogen-bond acceptors (Lipinski definition) is 2. The Morgan fingerprint density at radius 3 is 2.78 bits per heavy atom. The summed E-state index contributed by atoms with van der Waals surface area (Å²) in [6, 6.07) is 3.70. The number of aryl methyl sites for hydroxylation is 2. The fraction of sp³-hybridized carbons (Fsp3) is 0.385. The van der Waals surface area contributed by atoms with Crippen LogP contribution in [0.4, 0.5) is 16.2 Å². The Hall–Kier alpha value is -2.04. The molecule has 0 unspecified atom stereocenters. The Kier molecular flexibility index (Phi) is 3.23. The smallest absolute Gasteiger partial charge is 0.409 e. The molecule has 5 heteroatoms. The van der Waals surface area contributed by atoms with Gasteiger partial charge in [-0.3, -0.25) is 10.1 Å². The molecule has 5 nitrogen and oxygen atoms in total. The second-order valence-corrected chi connectivity index (χ2v) is 4.36. The minimum atomic E-state index is -1.07. The van der Waals surface area contributed by atoms with Crippen molar-refractivity contribution in [1.82, 2.24) is 0 Å². The molecule has 0 spiro atoms. The van der Waals surface area contributed by atoms with Crippen LogP contribution in [0, 0.1) is 6.92 Å². The summed E-state index contributed by atoms with van der Waals surface area (Å²) in [7, 11) is 0. The van der Waals surface area contributed by atoms with Gasteiger partial charge in [-0.15, -0.1) is 0 Å². The van der Waals surface area contributed by atoms with Gasteiger partial charge in [0.25, 0.3) is 0 Å². The monoisotopic (exact) mass is 248 g/mol. The van der Waals surface area contributed by atoms with E-state index in [9.17, 15) is 9.59 Å². The standard InChI is InChI=1S/C13H16N2O3/c1-3-15-11-6-8(2)10(14-13(17)18)7-9(11)4-5-12(15)16/h6-7,14H,3-5H2,1-2H3,(H,17,18). The van der Waals surface area contributed by atoms with Crippen molar-refractivity contribution >= 4 is 23.4 Å². The van der Waals surface area contributed by atoms with Crippen LogP contribution < -0.4 is 10.2 Å². The molecule has 0 aliphatic carbocycles. The average Bonchev–Trinajstić information content (AvgIpc) is 2.30. The van der Waals surface area contributed by atoms with Crippen LogP contribution >= 0.6 is 0 Å². The van der Waals surface area contributed by atoms with Crippen molar-refractivity contribution in [1.29, 1.82) is 0 Å². The second-order valence-electron chi connectivity index (χ2n) is 4.36. The Bertz CT molecular complexity index is 511. The van der Waals surface area contributed by atoms with Crippen molar-refractivity contribution in [2.24, 2.45) is 0 Å². The van der Waals surface area contributed by atoms with Crippen LogP contribution in [0.25, 0.3) is 0 Å². The molecule has 1 heterocycles. The minimum absolute atomic E-state index is 0.128. The van der Waals surface area contributed by atoms with Gasteiger partial charge in [-0.1, -0.05) is 0 Å². The molecule has 0 saturated heterocycles. The van der Waals surface area contributed by atoms with Crippen LogP contribution in [0.1, 0.15) is 24.5 Å². The molecular weight excluding hydrogens is 232 g/mol. The number of nitrogens with zero attached hydrogens (tertiary/aromatic N) is 1. The van der Waals surface area contributed by atoms with E-state index in [1.807, 2.05) is 26.0 Å². The van der Waals surface area contributed by atoms with Gasteiger partial charge in [0.15, 0.2) is 0 Å². The summed E-state index contributed by atoms with van der Waals surface area (Å²) in [6.07, 6.45) is 0.0765. The maximum Gasteiger partial charge on any atom is 0.409 e. The Morgan fingerprint density at radius 2 is 2.17 bits per heavy atom. The molecule has 0 saturated carbocycles. The number of hydrogen-bond donors (Lipinski definition) is 2. The first kappa shape index (κ1) is 12.4. The van der Waals surface area contributed by atoms with E-state index in [1.54, 1.807) is 4.90 Å². The SMILES string of the molecule is CCN1C(=O)CCc2cc(NC(=O)O)c(C)cc21. The van der Waals surface area contributed by atoms with E-state index in [-0.39, 0.29) is 5.91 Å². The molecule has 1 aliphatic rings. The van der Waals surface area contributed by atoms with Gasteiger partial charge in [-0.25, -0.2) is 4.79 Å². The van der Waals surface area contributed by atoms with E-state index in [1.165, 1.54) is 0 Å². The Morgan fingerprint density at radius 1 is 1.44 bits per heavy atom. The quantitative estimate of drug-likeness (QED) is 0.844. The normalized spacial score (nSPS) is 14.3. The molecule has 2 rings (SSSR count). The highest BCUT2D eigenvalue weighted by Crippen LogP contribution is 2.32. The molecule has 0 fully saturated rings. The minimum Gasteiger partial charge on any atom is -0.465 e. The van der Waals surface area contributed by atoms with Crippen LogP contribution in [0.5, 0.6) is 0 Å². The summed E-state index contributed by atoms with van der Waals surface area (Å²) < 4.78 is 0. The number of carboxylic acid groups (broad SMARTS) is 1. The molecular formula is C13H16N2O3. The Balaban J connectivity index is 2.44. The van der Waals surface area contributed by atoms with Crippen molar-refractivity contribution in [3.8, 4) is 0 Å². The van der Waals surface area contributed by atoms with Crippen LogP contribution in [-0.2, 0) is 11.2 Å². The lowest BCUT2D eigenvalue weighted by molar-refractivity contribution is -0.118. The third-order valence-corrected chi connectivity index (χ3v) is 3.18. The molecule has 0 aromatic heterocycles. The molecule has 2 amide bonds. The predicted octanol–water partition coefficient (Wildman–Crippen LogP) is 2.38. The summed E-state index contributed by atoms with van der Waals surface area (Å²) in [5, 5.41) is 11.1. The summed E-state index contributed by atoms with van der Waals surface area (Å²) in [4.78, 5) is 24.2. The first-order valence-corrected chi connectivity index (χ1v) is 5.96. The maximum atomic E-state index is 11.8. The zero-order valence-electron chi connectivity index (χ0n) is 10.5. The molecule has 1 aromatic rings. The maximum absolute atomic E-state index is 11.8. The van der Waals surface area contributed by atoms with Gasteiger partial charge < -0.3 is 10.0 Å². The van der Waals surface area contributed by atoms with Crippen LogP contribution in [0.2, 0.25) is 0 Å². The van der Waals surface area contributed by atoms with Crippen molar-refractivity contribution in [2.45, 2.75) is 26.7 Å². The number of anilines is 2. The van der Waals surface area contributed by atoms with Crippen molar-refractivity contribution < 1.29 is 14.7 Å². The molecule has 0 bridgehead atoms. The third-order valence-electron chi connectivity index (χ3n) is 3.18. The van der Waals surface area contributed by atoms with Gasteiger partial charge in [-0.05, 0) is 43.5 Å². The van der Waals surface area contributed by atoms with Gasteiger partial charge >= 0.3 is 6.09 Å². The highest BCUT2D eigenvalue weighted by Gasteiger charge is 2.23. The van der Waals surface area contributed by atoms with Crippen molar-refractivity contribution in [3.63, 3.8) is 0 Å². The highest BCUT2D eigenvalue weighted by atomic mass is 16.4. The lowest BCUT2D eigenvalue weighted by Crippen LogP contribution is -2.35. The summed E-state index contributed by atoms with van der Waals surface area (Å²) in [6.45, 7) is 4.40. The second kappa shape index (κ2) is 4.68. The van der Waals surface area contributed by atoms with Crippen LogP contribution in [-0.4, -0.2) is 23.7 Å². The van der Waals surface area contributed by atoms with Gasteiger partial charge in [0, 0.05) is 24.3 Å². The Labute approximate surface area is 105 Å². The van der Waals surface area contributed by atoms with Gasteiger partial charge in [-0.2, -0.15) is 0 Å². The molecule has 0 atom stereocenters. The van der Waals surface area contributed by atoms with Crippen LogP contribution in [0.3, 0.4) is 0 Å². The van der Waals surface area contributed by atoms with E-state index in [2.05, 4.69) is 5.32 Å². The largest absolute Gasteiger partial charge is 0.465 e. The number of rotatable bonds is 2. The lowest BCUT2D eigenvalue weighted by atomic mass is 9.98. The topological polar surface area (TPSA) is 69.6 Å².